The van der Waals surface area contributed by atoms with Gasteiger partial charge in [-0.15, -0.1) is 0 Å². The van der Waals surface area contributed by atoms with Crippen molar-refractivity contribution in [2.45, 2.75) is 0 Å². The van der Waals surface area contributed by atoms with E-state index in [-0.39, 0.29) is 18.0 Å². The zero-order chi connectivity index (χ0) is 2.71. The van der Waals surface area contributed by atoms with Crippen LogP contribution in [0, 0.1) is 0 Å². The standard InChI is InChI=1S/AsH3.O2S/c;1-3-2/h1H3;. The quantitative estimate of drug-likeness (QED) is 0.372. The topological polar surface area (TPSA) is 34.1 Å². The molecule has 0 aliphatic heterocycles. The summed E-state index contributed by atoms with van der Waals surface area (Å²) in [6.07, 6.45) is 0. The van der Waals surface area contributed by atoms with Crippen LogP contribution >= 0.6 is 0 Å². The van der Waals surface area contributed by atoms with E-state index in [9.17, 15) is 0 Å². The van der Waals surface area contributed by atoms with Crippen LogP contribution < -0.4 is 0 Å². The Morgan fingerprint density at radius 3 is 1.25 bits per heavy atom. The van der Waals surface area contributed by atoms with E-state index >= 15 is 0 Å². The fourth-order valence-electron chi connectivity index (χ4n) is 0. The van der Waals surface area contributed by atoms with Gasteiger partial charge in [0.25, 0.3) is 0 Å². The summed E-state index contributed by atoms with van der Waals surface area (Å²) in [7, 11) is 0. The molecule has 0 aromatic heterocycles. The molecule has 4 heteroatoms. The molecule has 0 fully saturated rings. The Bertz CT molecular complexity index is 27.0. The van der Waals surface area contributed by atoms with Crippen LogP contribution in [0.15, 0.2) is 0 Å². The van der Waals surface area contributed by atoms with E-state index in [2.05, 4.69) is 0 Å². The van der Waals surface area contributed by atoms with E-state index in [1.807, 2.05) is 0 Å². The molecule has 0 amide bonds. The van der Waals surface area contributed by atoms with Gasteiger partial charge in [0.15, 0.2) is 0 Å². The van der Waals surface area contributed by atoms with Gasteiger partial charge in [-0.3, -0.25) is 0 Å². The molecule has 0 radical (unpaired) electrons. The first-order valence-corrected chi connectivity index (χ1v) is 1.00. The Morgan fingerprint density at radius 1 is 1.25 bits per heavy atom. The Kier molecular flexibility index (Phi) is 22.2. The van der Waals surface area contributed by atoms with Crippen molar-refractivity contribution in [1.82, 2.24) is 0 Å². The van der Waals surface area contributed by atoms with Gasteiger partial charge in [0, 0.05) is 0 Å². The van der Waals surface area contributed by atoms with Crippen LogP contribution in [0.2, 0.25) is 0 Å². The predicted molar refractivity (Wildman–Crippen MR) is 18.9 cm³/mol. The maximum atomic E-state index is 8.29. The van der Waals surface area contributed by atoms with E-state index < -0.39 is 11.6 Å². The number of hydrogen-bond donors (Lipinski definition) is 0. The van der Waals surface area contributed by atoms with Crippen molar-refractivity contribution in [3.8, 4) is 0 Å². The summed E-state index contributed by atoms with van der Waals surface area (Å²) in [4.78, 5) is 0. The first kappa shape index (κ1) is 8.83. The molecule has 4 heavy (non-hydrogen) atoms. The summed E-state index contributed by atoms with van der Waals surface area (Å²) in [5, 5.41) is 0. The third-order valence-corrected chi connectivity index (χ3v) is 0. The molecular weight excluding hydrogens is 139 g/mol. The molecule has 0 aromatic rings. The second-order valence-corrected chi connectivity index (χ2v) is 0.204. The molecule has 0 spiro atoms. The van der Waals surface area contributed by atoms with Gasteiger partial charge in [0.1, 0.15) is 0 Å². The fraction of sp³-hybridized carbons (Fsp3) is 0. The van der Waals surface area contributed by atoms with E-state index in [0.717, 1.165) is 0 Å². The molecule has 0 aliphatic carbocycles. The molecule has 0 aliphatic rings. The molecule has 1 atom stereocenters. The first-order chi connectivity index (χ1) is 1.41. The molecule has 2 nitrogen and oxygen atoms in total. The maximum absolute atomic E-state index is 8.29. The minimum absolute atomic E-state index is 0. The van der Waals surface area contributed by atoms with Crippen LogP contribution in [0.3, 0.4) is 0 Å². The third kappa shape index (κ3) is 31.6. The van der Waals surface area contributed by atoms with Gasteiger partial charge in [-0.25, -0.2) is 0 Å². The van der Waals surface area contributed by atoms with Crippen LogP contribution in [0.25, 0.3) is 0 Å². The Morgan fingerprint density at radius 2 is 1.25 bits per heavy atom. The average molecular weight is 142 g/mol. The van der Waals surface area contributed by atoms with Gasteiger partial charge in [-0.2, -0.15) is 8.42 Å². The van der Waals surface area contributed by atoms with Gasteiger partial charge in [-0.05, 0) is 0 Å². The second kappa shape index (κ2) is 10.1. The zero-order valence-electron chi connectivity index (χ0n) is 1.93. The SMILES string of the molecule is O=S=O.[AsH3]. The van der Waals surface area contributed by atoms with Crippen molar-refractivity contribution < 1.29 is 8.42 Å². The Hall–Kier alpha value is 0.378. The van der Waals surface area contributed by atoms with Crippen molar-refractivity contribution in [3.05, 3.63) is 0 Å². The van der Waals surface area contributed by atoms with Gasteiger partial charge >= 0.3 is 29.5 Å². The van der Waals surface area contributed by atoms with E-state index in [4.69, 9.17) is 8.42 Å². The molecular formula is H3AsO2S. The second-order valence-electron chi connectivity index (χ2n) is 0.0680. The molecule has 26 valence electrons. The molecule has 0 saturated heterocycles. The Labute approximate surface area is 38.5 Å². The Balaban J connectivity index is 0. The summed E-state index contributed by atoms with van der Waals surface area (Å²) in [6, 6.07) is 0. The van der Waals surface area contributed by atoms with E-state index in [1.54, 1.807) is 0 Å². The van der Waals surface area contributed by atoms with Crippen LogP contribution in [0.5, 0.6) is 0 Å². The van der Waals surface area contributed by atoms with Crippen molar-refractivity contribution in [1.29, 1.82) is 0 Å². The van der Waals surface area contributed by atoms with Crippen molar-refractivity contribution in [2.75, 3.05) is 0 Å². The average Bonchev–Trinajstić information content (AvgIpc) is 0.918. The van der Waals surface area contributed by atoms with E-state index in [0.29, 0.717) is 0 Å². The normalized spacial score (nSPS) is 3.00. The van der Waals surface area contributed by atoms with Crippen molar-refractivity contribution >= 4 is 29.5 Å². The first-order valence-electron chi connectivity index (χ1n) is 0.333. The monoisotopic (exact) mass is 142 g/mol. The van der Waals surface area contributed by atoms with Gasteiger partial charge < -0.3 is 0 Å². The van der Waals surface area contributed by atoms with Crippen LogP contribution in [-0.4, -0.2) is 26.4 Å². The summed E-state index contributed by atoms with van der Waals surface area (Å²) >= 11 is -0.750. The zero-order valence-corrected chi connectivity index (χ0v) is 5.72. The molecule has 0 bridgehead atoms. The third-order valence-electron chi connectivity index (χ3n) is 0. The van der Waals surface area contributed by atoms with Gasteiger partial charge in [0.2, 0.25) is 0 Å². The predicted octanol–water partition coefficient (Wildman–Crippen LogP) is -1.85. The molecule has 0 aromatic carbocycles. The summed E-state index contributed by atoms with van der Waals surface area (Å²) < 4.78 is 16.6. The molecule has 0 N–H and O–H groups in total. The summed E-state index contributed by atoms with van der Waals surface area (Å²) in [5.74, 6) is 0. The fourth-order valence-corrected chi connectivity index (χ4v) is 0. The minimum atomic E-state index is -0.750. The van der Waals surface area contributed by atoms with Crippen LogP contribution in [0.1, 0.15) is 0 Å². The van der Waals surface area contributed by atoms with Gasteiger partial charge in [-0.1, -0.05) is 0 Å². The number of hydrogen-bond acceptors (Lipinski definition) is 2. The van der Waals surface area contributed by atoms with E-state index in [1.165, 1.54) is 0 Å². The van der Waals surface area contributed by atoms with Crippen LogP contribution in [-0.2, 0) is 11.6 Å². The van der Waals surface area contributed by atoms with Crippen molar-refractivity contribution in [2.24, 2.45) is 0 Å². The summed E-state index contributed by atoms with van der Waals surface area (Å²) in [6.45, 7) is 0. The summed E-state index contributed by atoms with van der Waals surface area (Å²) in [5.41, 5.74) is 0. The van der Waals surface area contributed by atoms with Crippen LogP contribution in [0.4, 0.5) is 0 Å². The van der Waals surface area contributed by atoms with Gasteiger partial charge in [0.05, 0.1) is 0 Å². The van der Waals surface area contributed by atoms with Crippen molar-refractivity contribution in [3.63, 3.8) is 0 Å². The molecule has 0 saturated carbocycles. The molecule has 0 rings (SSSR count). The molecule has 1 unspecified atom stereocenters. The number of rotatable bonds is 0. The molecule has 0 heterocycles.